The van der Waals surface area contributed by atoms with Gasteiger partial charge < -0.3 is 19.1 Å². The number of hydrogen-bond acceptors (Lipinski definition) is 5. The molecule has 0 saturated heterocycles. The number of nitrogens with zero attached hydrogens (tertiary/aromatic N) is 3. The van der Waals surface area contributed by atoms with Gasteiger partial charge in [0.25, 0.3) is 0 Å². The molecule has 1 N–H and O–H groups in total. The molecule has 0 bridgehead atoms. The molecule has 12 heteroatoms. The van der Waals surface area contributed by atoms with Gasteiger partial charge in [-0.25, -0.2) is 9.78 Å². The van der Waals surface area contributed by atoms with Crippen LogP contribution >= 0.6 is 0 Å². The second kappa shape index (κ2) is 10.8. The van der Waals surface area contributed by atoms with E-state index in [1.807, 2.05) is 0 Å². The molecule has 0 aliphatic heterocycles. The molecule has 1 aromatic carbocycles. The zero-order chi connectivity index (χ0) is 23.6. The molecule has 0 aliphatic rings. The molecule has 172 valence electrons. The van der Waals surface area contributed by atoms with Gasteiger partial charge in [-0.1, -0.05) is 0 Å². The number of halogens is 4. The Balaban J connectivity index is 0.00000324. The van der Waals surface area contributed by atoms with Crippen molar-refractivity contribution in [1.29, 1.82) is 0 Å². The van der Waals surface area contributed by atoms with Gasteiger partial charge in [-0.15, -0.1) is 13.2 Å². The third-order valence-electron chi connectivity index (χ3n) is 4.69. The minimum absolute atomic E-state index is 0. The molecule has 0 aliphatic carbocycles. The predicted octanol–water partition coefficient (Wildman–Crippen LogP) is 4.26. The normalized spacial score (nSPS) is 11.2. The van der Waals surface area contributed by atoms with Crippen LogP contribution in [0.1, 0.15) is 10.5 Å². The van der Waals surface area contributed by atoms with Crippen LogP contribution in [0.4, 0.5) is 17.6 Å². The van der Waals surface area contributed by atoms with Gasteiger partial charge >= 0.3 is 63.7 Å². The summed E-state index contributed by atoms with van der Waals surface area (Å²) in [6, 6.07) is 10.7. The van der Waals surface area contributed by atoms with Crippen molar-refractivity contribution in [2.45, 2.75) is 12.9 Å². The minimum atomic E-state index is -4.79. The fourth-order valence-electron chi connectivity index (χ4n) is 3.38. The van der Waals surface area contributed by atoms with Gasteiger partial charge in [0.2, 0.25) is 5.95 Å². The van der Waals surface area contributed by atoms with Crippen molar-refractivity contribution in [2.24, 2.45) is 0 Å². The second-order valence-electron chi connectivity index (χ2n) is 6.81. The van der Waals surface area contributed by atoms with Crippen LogP contribution in [-0.4, -0.2) is 90.0 Å². The Morgan fingerprint density at radius 2 is 1.68 bits per heavy atom. The number of carboxylic acids is 1. The van der Waals surface area contributed by atoms with Gasteiger partial charge in [0.15, 0.2) is 0 Å². The summed E-state index contributed by atoms with van der Waals surface area (Å²) in [6.07, 6.45) is -2.02. The van der Waals surface area contributed by atoms with E-state index in [1.165, 1.54) is 41.2 Å². The van der Waals surface area contributed by atoms with E-state index in [0.717, 1.165) is 12.1 Å². The third-order valence-corrected chi connectivity index (χ3v) is 4.69. The average molecular weight is 501 g/mol. The van der Waals surface area contributed by atoms with Gasteiger partial charge in [-0.2, -0.15) is 4.39 Å². The molecule has 0 atom stereocenters. The number of alkyl halides is 3. The van der Waals surface area contributed by atoms with E-state index in [0.29, 0.717) is 22.2 Å². The van der Waals surface area contributed by atoms with Gasteiger partial charge in [0, 0.05) is 29.4 Å². The number of pyridine rings is 2. The topological polar surface area (TPSA) is 86.5 Å². The standard InChI is InChI=1S/C22H15F4N3O4.K.H/c23-19-11-13(5-7-27-19)20-16-12-18(21(30)31)29(17(16)6-8-28-20)9-10-32-14-1-3-15(4-2-14)33-22(24,25)26;;/h1-8,11-12H,9-10H2,(H,30,31);;. The Hall–Kier alpha value is -2.51. The Bertz CT molecular complexity index is 1310. The van der Waals surface area contributed by atoms with Crippen LogP contribution in [0.3, 0.4) is 0 Å². The van der Waals surface area contributed by atoms with E-state index < -0.39 is 18.3 Å². The molecular weight excluding hydrogens is 485 g/mol. The van der Waals surface area contributed by atoms with Crippen LogP contribution in [0.25, 0.3) is 22.2 Å². The summed E-state index contributed by atoms with van der Waals surface area (Å²) in [7, 11) is 0. The number of ether oxygens (including phenoxy) is 2. The van der Waals surface area contributed by atoms with E-state index in [4.69, 9.17) is 4.74 Å². The molecule has 4 rings (SSSR count). The van der Waals surface area contributed by atoms with Crippen molar-refractivity contribution in [2.75, 3.05) is 6.61 Å². The van der Waals surface area contributed by atoms with Crippen molar-refractivity contribution in [3.63, 3.8) is 0 Å². The summed E-state index contributed by atoms with van der Waals surface area (Å²) in [5.41, 5.74) is 1.37. The van der Waals surface area contributed by atoms with Crippen LogP contribution in [-0.2, 0) is 6.54 Å². The van der Waals surface area contributed by atoms with Crippen molar-refractivity contribution < 1.29 is 36.9 Å². The van der Waals surface area contributed by atoms with Crippen molar-refractivity contribution >= 4 is 68.3 Å². The maximum absolute atomic E-state index is 13.6. The first-order valence-corrected chi connectivity index (χ1v) is 9.53. The van der Waals surface area contributed by atoms with Crippen molar-refractivity contribution in [1.82, 2.24) is 14.5 Å². The quantitative estimate of drug-likeness (QED) is 0.231. The average Bonchev–Trinajstić information content (AvgIpc) is 3.13. The van der Waals surface area contributed by atoms with Crippen LogP contribution in [0.15, 0.2) is 60.9 Å². The zero-order valence-corrected chi connectivity index (χ0v) is 16.7. The van der Waals surface area contributed by atoms with E-state index in [-0.39, 0.29) is 81.7 Å². The summed E-state index contributed by atoms with van der Waals surface area (Å²) in [6.45, 7) is 0.158. The van der Waals surface area contributed by atoms with Crippen LogP contribution in [0, 0.1) is 5.95 Å². The fourth-order valence-corrected chi connectivity index (χ4v) is 3.38. The second-order valence-corrected chi connectivity index (χ2v) is 6.81. The molecule has 0 unspecified atom stereocenters. The number of aromatic nitrogens is 3. The monoisotopic (exact) mass is 501 g/mol. The van der Waals surface area contributed by atoms with Gasteiger partial charge in [0.05, 0.1) is 17.8 Å². The van der Waals surface area contributed by atoms with Crippen LogP contribution in [0.5, 0.6) is 11.5 Å². The Kier molecular flexibility index (Phi) is 8.31. The van der Waals surface area contributed by atoms with Crippen LogP contribution < -0.4 is 9.47 Å². The van der Waals surface area contributed by atoms with Crippen LogP contribution in [0.2, 0.25) is 0 Å². The summed E-state index contributed by atoms with van der Waals surface area (Å²) < 4.78 is 61.2. The zero-order valence-electron chi connectivity index (χ0n) is 16.7. The molecule has 3 aromatic heterocycles. The summed E-state index contributed by atoms with van der Waals surface area (Å²) in [5, 5.41) is 10.2. The first-order valence-electron chi connectivity index (χ1n) is 9.53. The molecule has 0 spiro atoms. The summed E-state index contributed by atoms with van der Waals surface area (Å²) in [4.78, 5) is 19.6. The molecular formula is C22H16F4KN3O4. The maximum atomic E-state index is 13.6. The summed E-state index contributed by atoms with van der Waals surface area (Å²) in [5.74, 6) is -1.96. The van der Waals surface area contributed by atoms with E-state index in [2.05, 4.69) is 14.7 Å². The molecule has 34 heavy (non-hydrogen) atoms. The molecule has 0 amide bonds. The number of carbonyl (C=O) groups is 1. The van der Waals surface area contributed by atoms with Crippen molar-refractivity contribution in [3.8, 4) is 22.8 Å². The Labute approximate surface area is 232 Å². The van der Waals surface area contributed by atoms with E-state index in [1.54, 1.807) is 12.1 Å². The SMILES string of the molecule is O=C(O)c1cc2c(-c3ccnc(F)c3)nccc2n1CCOc1ccc(OC(F)(F)F)cc1.[KH]. The number of carboxylic acid groups (broad SMARTS) is 1. The molecule has 0 saturated carbocycles. The number of aromatic carboxylic acids is 1. The number of hydrogen-bond donors (Lipinski definition) is 1. The Morgan fingerprint density at radius 1 is 1.00 bits per heavy atom. The van der Waals surface area contributed by atoms with Gasteiger partial charge in [-0.3, -0.25) is 4.98 Å². The first kappa shape index (κ1) is 26.1. The predicted molar refractivity (Wildman–Crippen MR) is 116 cm³/mol. The number of fused-ring (bicyclic) bond motifs is 1. The van der Waals surface area contributed by atoms with Gasteiger partial charge in [-0.05, 0) is 42.5 Å². The molecule has 4 aromatic rings. The third kappa shape index (κ3) is 6.13. The fraction of sp³-hybridized carbons (Fsp3) is 0.136. The molecule has 7 nitrogen and oxygen atoms in total. The van der Waals surface area contributed by atoms with E-state index >= 15 is 0 Å². The van der Waals surface area contributed by atoms with Gasteiger partial charge in [0.1, 0.15) is 23.8 Å². The number of rotatable bonds is 7. The molecule has 0 radical (unpaired) electrons. The first-order chi connectivity index (χ1) is 15.7. The Morgan fingerprint density at radius 3 is 2.32 bits per heavy atom. The van der Waals surface area contributed by atoms with Crippen molar-refractivity contribution in [3.05, 3.63) is 72.6 Å². The summed E-state index contributed by atoms with van der Waals surface area (Å²) >= 11 is 0. The number of benzene rings is 1. The molecule has 3 heterocycles. The molecule has 0 fully saturated rings. The van der Waals surface area contributed by atoms with E-state index in [9.17, 15) is 27.5 Å².